The Morgan fingerprint density at radius 3 is 2.11 bits per heavy atom. The second kappa shape index (κ2) is 17.0. The van der Waals surface area contributed by atoms with Gasteiger partial charge in [-0.15, -0.1) is 11.3 Å². The second-order valence-electron chi connectivity index (χ2n) is 13.6. The average Bonchev–Trinajstić information content (AvgIpc) is 3.52. The smallest absolute Gasteiger partial charge is 0.337 e. The molecule has 5 rings (SSSR count). The number of sulfonamides is 1. The number of methoxy groups -OCH3 is 1. The third kappa shape index (κ3) is 8.97. The van der Waals surface area contributed by atoms with Crippen LogP contribution in [0.2, 0.25) is 6.32 Å². The third-order valence-electron chi connectivity index (χ3n) is 9.67. The molecule has 1 heterocycles. The number of fused-ring (bicyclic) bond motifs is 1. The molecule has 0 fully saturated rings. The normalized spacial score (nSPS) is 12.9. The molecule has 1 aliphatic carbocycles. The Morgan fingerprint density at radius 1 is 0.849 bits per heavy atom. The van der Waals surface area contributed by atoms with Crippen molar-refractivity contribution in [1.82, 2.24) is 4.31 Å². The first kappa shape index (κ1) is 39.6. The number of benzene rings is 3. The topological polar surface area (TPSA) is 139 Å². The Hall–Kier alpha value is -4.59. The molecule has 0 bridgehead atoms. The largest absolute Gasteiger partial charge is 0.465 e. The number of carbonyl (C=O) groups is 4. The van der Waals surface area contributed by atoms with Gasteiger partial charge in [-0.2, -0.15) is 4.31 Å². The Labute approximate surface area is 316 Å². The number of rotatable bonds is 15. The zero-order chi connectivity index (χ0) is 38.3. The van der Waals surface area contributed by atoms with Crippen molar-refractivity contribution in [2.75, 3.05) is 24.3 Å². The molecule has 0 saturated heterocycles. The van der Waals surface area contributed by atoms with E-state index in [0.717, 1.165) is 60.1 Å². The molecule has 0 saturated carbocycles. The molecule has 3 aromatic carbocycles. The SMILES string of the molecule is CCBC(=O)C(C)(C)N(CC)S(=O)(=O)c1cccc(C(=O)Nc2sc3c(c2C(=O)Nc2ccc(CCc4ccc(C(=O)OC)cc4)cc2)CCCC3)c1. The van der Waals surface area contributed by atoms with Gasteiger partial charge in [0.1, 0.15) is 10.7 Å². The molecule has 1 aromatic heterocycles. The second-order valence-corrected chi connectivity index (χ2v) is 16.6. The maximum Gasteiger partial charge on any atom is 0.337 e. The lowest BCUT2D eigenvalue weighted by atomic mass is 9.64. The van der Waals surface area contributed by atoms with Gasteiger partial charge in [0.2, 0.25) is 17.3 Å². The van der Waals surface area contributed by atoms with E-state index in [1.807, 2.05) is 43.3 Å². The van der Waals surface area contributed by atoms with Gasteiger partial charge in [-0.25, -0.2) is 13.2 Å². The van der Waals surface area contributed by atoms with E-state index in [-0.39, 0.29) is 41.8 Å². The summed E-state index contributed by atoms with van der Waals surface area (Å²) < 4.78 is 33.6. The standard InChI is InChI=1S/C40H46BN3O7S2/c1-6-41-39(48)40(3,4)44(7-2)53(49,50)31-12-10-11-29(25-31)35(45)43-37-34(32-13-8-9-14-33(32)52-37)36(46)42-30-23-19-27(20-24-30)16-15-26-17-21-28(22-18-26)38(47)51-5/h10-12,17-25,41H,6-9,13-16H2,1-5H3,(H,42,46)(H,43,45). The van der Waals surface area contributed by atoms with Crippen molar-refractivity contribution < 1.29 is 32.3 Å². The van der Waals surface area contributed by atoms with Crippen LogP contribution in [0.4, 0.5) is 10.7 Å². The molecule has 2 N–H and O–H groups in total. The van der Waals surface area contributed by atoms with Crippen LogP contribution in [-0.4, -0.2) is 62.7 Å². The van der Waals surface area contributed by atoms with E-state index in [2.05, 4.69) is 10.6 Å². The minimum Gasteiger partial charge on any atom is -0.465 e. The summed E-state index contributed by atoms with van der Waals surface area (Å²) >= 11 is 1.38. The molecule has 0 aliphatic heterocycles. The van der Waals surface area contributed by atoms with E-state index in [4.69, 9.17) is 4.74 Å². The van der Waals surface area contributed by atoms with Crippen molar-refractivity contribution in [1.29, 1.82) is 0 Å². The highest BCUT2D eigenvalue weighted by Crippen LogP contribution is 2.39. The highest BCUT2D eigenvalue weighted by Gasteiger charge is 2.41. The molecule has 1 aliphatic rings. The van der Waals surface area contributed by atoms with Gasteiger partial charge in [0.15, 0.2) is 0 Å². The number of hydrogen-bond acceptors (Lipinski definition) is 8. The zero-order valence-corrected chi connectivity index (χ0v) is 32.5. The molecule has 0 atom stereocenters. The van der Waals surface area contributed by atoms with Crippen LogP contribution in [0.15, 0.2) is 77.7 Å². The number of hydrogen-bond donors (Lipinski definition) is 2. The van der Waals surface area contributed by atoms with Crippen LogP contribution < -0.4 is 10.6 Å². The van der Waals surface area contributed by atoms with Gasteiger partial charge in [0, 0.05) is 22.7 Å². The summed E-state index contributed by atoms with van der Waals surface area (Å²) in [4.78, 5) is 53.2. The van der Waals surface area contributed by atoms with E-state index in [1.165, 1.54) is 47.0 Å². The fourth-order valence-electron chi connectivity index (χ4n) is 6.69. The first-order chi connectivity index (χ1) is 25.3. The lowest BCUT2D eigenvalue weighted by Gasteiger charge is -2.35. The van der Waals surface area contributed by atoms with Crippen LogP contribution in [0, 0.1) is 0 Å². The van der Waals surface area contributed by atoms with Crippen LogP contribution in [0.1, 0.15) is 93.2 Å². The van der Waals surface area contributed by atoms with Gasteiger partial charge >= 0.3 is 5.97 Å². The molecule has 53 heavy (non-hydrogen) atoms. The van der Waals surface area contributed by atoms with Crippen molar-refractivity contribution in [3.8, 4) is 0 Å². The first-order valence-corrected chi connectivity index (χ1v) is 20.2. The van der Waals surface area contributed by atoms with Gasteiger partial charge < -0.3 is 20.2 Å². The number of esters is 1. The van der Waals surface area contributed by atoms with Crippen molar-refractivity contribution in [2.24, 2.45) is 0 Å². The van der Waals surface area contributed by atoms with Crippen molar-refractivity contribution in [2.45, 2.75) is 83.0 Å². The average molecular weight is 756 g/mol. The van der Waals surface area contributed by atoms with Crippen molar-refractivity contribution >= 4 is 62.8 Å². The predicted molar refractivity (Wildman–Crippen MR) is 211 cm³/mol. The minimum absolute atomic E-state index is 0.0806. The number of nitrogens with one attached hydrogen (secondary N) is 2. The van der Waals surface area contributed by atoms with Gasteiger partial charge in [-0.05, 0) is 112 Å². The highest BCUT2D eigenvalue weighted by atomic mass is 32.2. The molecule has 0 unspecified atom stereocenters. The first-order valence-electron chi connectivity index (χ1n) is 18.0. The number of aryl methyl sites for hydroxylation is 3. The van der Waals surface area contributed by atoms with Crippen LogP contribution >= 0.6 is 11.3 Å². The highest BCUT2D eigenvalue weighted by molar-refractivity contribution is 7.89. The van der Waals surface area contributed by atoms with Gasteiger partial charge in [0.05, 0.1) is 28.7 Å². The summed E-state index contributed by atoms with van der Waals surface area (Å²) in [7, 11) is -2.52. The summed E-state index contributed by atoms with van der Waals surface area (Å²) in [5, 5.41) is 6.35. The number of thiophene rings is 1. The molecule has 0 spiro atoms. The third-order valence-corrected chi connectivity index (χ3v) is 13.0. The molecule has 4 aromatic rings. The molecule has 13 heteroatoms. The van der Waals surface area contributed by atoms with E-state index < -0.39 is 21.5 Å². The molecule has 2 amide bonds. The monoisotopic (exact) mass is 755 g/mol. The summed E-state index contributed by atoms with van der Waals surface area (Å²) in [5.41, 5.74) is 3.33. The fraction of sp³-hybridized carbons (Fsp3) is 0.350. The number of carbonyl (C=O) groups excluding carboxylic acids is 4. The lowest BCUT2D eigenvalue weighted by Crippen LogP contribution is -2.54. The van der Waals surface area contributed by atoms with Crippen LogP contribution in [0.5, 0.6) is 0 Å². The maximum absolute atomic E-state index is 13.9. The number of ether oxygens (including phenoxy) is 1. The van der Waals surface area contributed by atoms with Crippen molar-refractivity contribution in [3.05, 3.63) is 111 Å². The van der Waals surface area contributed by atoms with Gasteiger partial charge in [-0.1, -0.05) is 50.5 Å². The molecule has 10 nitrogen and oxygen atoms in total. The Bertz CT molecular complexity index is 2090. The number of likely N-dealkylation sites (N-methyl/N-ethyl adjacent to an activating group) is 1. The Kier molecular flexibility index (Phi) is 12.7. The molecular weight excluding hydrogens is 709 g/mol. The van der Waals surface area contributed by atoms with Crippen LogP contribution in [-0.2, 0) is 45.2 Å². The lowest BCUT2D eigenvalue weighted by molar-refractivity contribution is -0.119. The minimum atomic E-state index is -4.13. The Morgan fingerprint density at radius 2 is 1.49 bits per heavy atom. The predicted octanol–water partition coefficient (Wildman–Crippen LogP) is 6.89. The van der Waals surface area contributed by atoms with Gasteiger partial charge in [0.25, 0.3) is 11.8 Å². The Balaban J connectivity index is 1.31. The summed E-state index contributed by atoms with van der Waals surface area (Å²) in [5.74, 6) is -1.23. The quantitative estimate of drug-likeness (QED) is 0.0995. The maximum atomic E-state index is 13.9. The molecular formula is C40H46BN3O7S2. The van der Waals surface area contributed by atoms with Gasteiger partial charge in [-0.3, -0.25) is 9.59 Å². The molecule has 0 radical (unpaired) electrons. The molecule has 278 valence electrons. The van der Waals surface area contributed by atoms with E-state index in [0.29, 0.717) is 28.1 Å². The van der Waals surface area contributed by atoms with Crippen LogP contribution in [0.25, 0.3) is 0 Å². The summed E-state index contributed by atoms with van der Waals surface area (Å²) in [6.45, 7) is 6.86. The summed E-state index contributed by atoms with van der Waals surface area (Å²) in [6, 6.07) is 20.8. The van der Waals surface area contributed by atoms with Crippen LogP contribution in [0.3, 0.4) is 0 Å². The number of amides is 2. The zero-order valence-electron chi connectivity index (χ0n) is 30.9. The van der Waals surface area contributed by atoms with E-state index in [1.54, 1.807) is 32.9 Å². The van der Waals surface area contributed by atoms with Crippen molar-refractivity contribution in [3.63, 3.8) is 0 Å². The fourth-order valence-corrected chi connectivity index (χ4v) is 9.80. The number of anilines is 2. The summed E-state index contributed by atoms with van der Waals surface area (Å²) in [6.07, 6.45) is 5.60. The van der Waals surface area contributed by atoms with E-state index in [9.17, 15) is 27.6 Å². The number of nitrogens with zero attached hydrogens (tertiary/aromatic N) is 1. The van der Waals surface area contributed by atoms with E-state index >= 15 is 0 Å².